The van der Waals surface area contributed by atoms with E-state index in [9.17, 15) is 0 Å². The fourth-order valence-electron chi connectivity index (χ4n) is 1.70. The van der Waals surface area contributed by atoms with Crippen LogP contribution < -0.4 is 9.47 Å². The maximum Gasteiger partial charge on any atom is 0.123 e. The summed E-state index contributed by atoms with van der Waals surface area (Å²) in [5.74, 6) is 1.68. The second kappa shape index (κ2) is 16.1. The number of ether oxygens (including phenoxy) is 4. The molecule has 0 unspecified atom stereocenters. The van der Waals surface area contributed by atoms with E-state index in [4.69, 9.17) is 25.1 Å². The fourth-order valence-corrected chi connectivity index (χ4v) is 2.66. The molecule has 0 bridgehead atoms. The topological polar surface area (TPSA) is 55.4 Å². The molecule has 0 amide bonds. The minimum atomic E-state index is 0.509. The summed E-state index contributed by atoms with van der Waals surface area (Å²) in [5.41, 5.74) is 1.10. The van der Waals surface area contributed by atoms with Crippen molar-refractivity contribution in [3.63, 3.8) is 0 Å². The Kier molecular flexibility index (Phi) is 15.3. The molecule has 1 aromatic carbocycles. The lowest BCUT2D eigenvalue weighted by atomic mass is 10.2. The molecule has 0 aliphatic rings. The lowest BCUT2D eigenvalue weighted by molar-refractivity contribution is 0.0842. The highest BCUT2D eigenvalue weighted by molar-refractivity contribution is 14.1. The molecule has 0 aliphatic carbocycles. The SMILES string of the molecule is ICc1cc(OCCOCCOI)ccc1OCCOCCOI. The number of hydrogen-bond donors (Lipinski definition) is 0. The quantitative estimate of drug-likeness (QED) is 0.158. The van der Waals surface area contributed by atoms with Gasteiger partial charge in [0, 0.05) is 9.99 Å². The van der Waals surface area contributed by atoms with Crippen molar-refractivity contribution < 1.29 is 25.1 Å². The van der Waals surface area contributed by atoms with Crippen molar-refractivity contribution in [2.24, 2.45) is 0 Å². The number of alkyl halides is 1. The van der Waals surface area contributed by atoms with Crippen LogP contribution in [0.2, 0.25) is 0 Å². The van der Waals surface area contributed by atoms with Crippen LogP contribution in [-0.4, -0.2) is 52.9 Å². The zero-order chi connectivity index (χ0) is 17.5. The van der Waals surface area contributed by atoms with Gasteiger partial charge in [-0.2, -0.15) is 0 Å². The summed E-state index contributed by atoms with van der Waals surface area (Å²) in [6.45, 7) is 4.41. The highest BCUT2D eigenvalue weighted by atomic mass is 127. The first-order chi connectivity index (χ1) is 11.8. The molecule has 0 radical (unpaired) electrons. The van der Waals surface area contributed by atoms with Crippen molar-refractivity contribution in [1.29, 1.82) is 0 Å². The van der Waals surface area contributed by atoms with E-state index in [1.807, 2.05) is 64.2 Å². The molecule has 0 atom stereocenters. The average molecular weight is 678 g/mol. The molecule has 0 fully saturated rings. The van der Waals surface area contributed by atoms with E-state index in [2.05, 4.69) is 22.6 Å². The third kappa shape index (κ3) is 10.8. The Morgan fingerprint density at radius 1 is 0.708 bits per heavy atom. The molecular formula is C15H21I3O6. The summed E-state index contributed by atoms with van der Waals surface area (Å²) in [4.78, 5) is 0. The van der Waals surface area contributed by atoms with Crippen molar-refractivity contribution in [1.82, 2.24) is 0 Å². The Morgan fingerprint density at radius 2 is 1.29 bits per heavy atom. The Balaban J connectivity index is 2.30. The van der Waals surface area contributed by atoms with Crippen molar-refractivity contribution in [3.8, 4) is 11.5 Å². The molecule has 1 aromatic rings. The van der Waals surface area contributed by atoms with Crippen LogP contribution in [0.1, 0.15) is 5.56 Å². The minimum Gasteiger partial charge on any atom is -0.491 e. The molecule has 1 rings (SSSR count). The Hall–Kier alpha value is 0.850. The van der Waals surface area contributed by atoms with Gasteiger partial charge in [-0.25, -0.2) is 0 Å². The average Bonchev–Trinajstić information content (AvgIpc) is 2.61. The molecule has 9 heteroatoms. The molecule has 24 heavy (non-hydrogen) atoms. The van der Waals surface area contributed by atoms with Gasteiger partial charge in [0.1, 0.15) is 70.7 Å². The van der Waals surface area contributed by atoms with E-state index in [-0.39, 0.29) is 0 Å². The fraction of sp³-hybridized carbons (Fsp3) is 0.600. The maximum atomic E-state index is 5.77. The smallest absolute Gasteiger partial charge is 0.123 e. The number of halogens is 3. The molecule has 0 N–H and O–H groups in total. The van der Waals surface area contributed by atoms with Crippen LogP contribution in [0, 0.1) is 0 Å². The number of hydrogen-bond acceptors (Lipinski definition) is 6. The molecule has 6 nitrogen and oxygen atoms in total. The van der Waals surface area contributed by atoms with E-state index >= 15 is 0 Å². The van der Waals surface area contributed by atoms with Gasteiger partial charge in [0.25, 0.3) is 0 Å². The van der Waals surface area contributed by atoms with Crippen LogP contribution in [0.5, 0.6) is 11.5 Å². The van der Waals surface area contributed by atoms with Gasteiger partial charge in [0.05, 0.1) is 39.6 Å². The Morgan fingerprint density at radius 3 is 1.88 bits per heavy atom. The van der Waals surface area contributed by atoms with Gasteiger partial charge in [0.15, 0.2) is 0 Å². The molecule has 0 aromatic heterocycles. The molecule has 0 aliphatic heterocycles. The third-order valence-corrected chi connectivity index (χ3v) is 4.47. The van der Waals surface area contributed by atoms with Crippen LogP contribution in [0.4, 0.5) is 0 Å². The van der Waals surface area contributed by atoms with Gasteiger partial charge in [0.2, 0.25) is 0 Å². The van der Waals surface area contributed by atoms with Gasteiger partial charge < -0.3 is 25.1 Å². The van der Waals surface area contributed by atoms with Crippen LogP contribution in [-0.2, 0) is 20.0 Å². The van der Waals surface area contributed by atoms with Crippen LogP contribution in [0.25, 0.3) is 0 Å². The Labute approximate surface area is 184 Å². The van der Waals surface area contributed by atoms with E-state index in [0.717, 1.165) is 21.5 Å². The summed E-state index contributed by atoms with van der Waals surface area (Å²) < 4.78 is 32.8. The van der Waals surface area contributed by atoms with E-state index in [0.29, 0.717) is 52.9 Å². The summed E-state index contributed by atoms with van der Waals surface area (Å²) in [7, 11) is 0. The number of rotatable bonds is 15. The number of benzene rings is 1. The first kappa shape index (κ1) is 22.9. The first-order valence-electron chi connectivity index (χ1n) is 7.39. The van der Waals surface area contributed by atoms with Crippen LogP contribution in [0.3, 0.4) is 0 Å². The summed E-state index contributed by atoms with van der Waals surface area (Å²) in [5, 5.41) is 0. The van der Waals surface area contributed by atoms with Gasteiger partial charge in [-0.15, -0.1) is 0 Å². The molecule has 0 saturated heterocycles. The first-order valence-corrected chi connectivity index (χ1v) is 10.7. The van der Waals surface area contributed by atoms with Gasteiger partial charge in [-0.3, -0.25) is 0 Å². The third-order valence-electron chi connectivity index (χ3n) is 2.77. The summed E-state index contributed by atoms with van der Waals surface area (Å²) in [6.07, 6.45) is 0. The van der Waals surface area contributed by atoms with Crippen LogP contribution >= 0.6 is 68.6 Å². The van der Waals surface area contributed by atoms with Crippen molar-refractivity contribution in [2.45, 2.75) is 4.43 Å². The highest BCUT2D eigenvalue weighted by Crippen LogP contribution is 2.26. The second-order valence-corrected chi connectivity index (χ2v) is 6.46. The van der Waals surface area contributed by atoms with E-state index < -0.39 is 0 Å². The Bertz CT molecular complexity index is 436. The predicted octanol–water partition coefficient (Wildman–Crippen LogP) is 4.15. The van der Waals surface area contributed by atoms with Crippen molar-refractivity contribution in [2.75, 3.05) is 52.9 Å². The predicted molar refractivity (Wildman–Crippen MR) is 117 cm³/mol. The van der Waals surface area contributed by atoms with Gasteiger partial charge >= 0.3 is 0 Å². The minimum absolute atomic E-state index is 0.509. The van der Waals surface area contributed by atoms with Gasteiger partial charge in [-0.05, 0) is 18.2 Å². The summed E-state index contributed by atoms with van der Waals surface area (Å²) >= 11 is 6.01. The largest absolute Gasteiger partial charge is 0.491 e. The van der Waals surface area contributed by atoms with Crippen molar-refractivity contribution in [3.05, 3.63) is 23.8 Å². The normalized spacial score (nSPS) is 10.8. The lowest BCUT2D eigenvalue weighted by Crippen LogP contribution is -2.11. The molecule has 0 spiro atoms. The molecule has 0 heterocycles. The molecule has 0 saturated carbocycles. The zero-order valence-corrected chi connectivity index (χ0v) is 19.7. The summed E-state index contributed by atoms with van der Waals surface area (Å²) in [6, 6.07) is 5.84. The van der Waals surface area contributed by atoms with Gasteiger partial charge in [-0.1, -0.05) is 22.6 Å². The molecular weight excluding hydrogens is 657 g/mol. The maximum absolute atomic E-state index is 5.77. The standard InChI is InChI=1S/C15H21I3O6/c16-12-13-11-14(21-7-3-19-5-9-23-17)1-2-15(13)22-8-4-20-6-10-24-18/h1-2,11H,3-10,12H2. The van der Waals surface area contributed by atoms with E-state index in [1.54, 1.807) is 0 Å². The zero-order valence-electron chi connectivity index (χ0n) is 13.2. The lowest BCUT2D eigenvalue weighted by Gasteiger charge is -2.13. The second-order valence-electron chi connectivity index (χ2n) is 4.45. The monoisotopic (exact) mass is 678 g/mol. The van der Waals surface area contributed by atoms with Crippen LogP contribution in [0.15, 0.2) is 18.2 Å². The molecule has 138 valence electrons. The van der Waals surface area contributed by atoms with Crippen molar-refractivity contribution >= 4 is 68.6 Å². The highest BCUT2D eigenvalue weighted by Gasteiger charge is 2.05. The van der Waals surface area contributed by atoms with E-state index in [1.165, 1.54) is 0 Å².